The number of nitrogens with zero attached hydrogens (tertiary/aromatic N) is 1. The zero-order valence-corrected chi connectivity index (χ0v) is 12.8. The van der Waals surface area contributed by atoms with Crippen LogP contribution in [0.1, 0.15) is 47.2 Å². The van der Waals surface area contributed by atoms with Gasteiger partial charge in [-0.2, -0.15) is 0 Å². The van der Waals surface area contributed by atoms with E-state index in [0.29, 0.717) is 10.3 Å². The van der Waals surface area contributed by atoms with Crippen LogP contribution in [0.25, 0.3) is 6.08 Å². The van der Waals surface area contributed by atoms with E-state index in [9.17, 15) is 0 Å². The van der Waals surface area contributed by atoms with Gasteiger partial charge in [-0.3, -0.25) is 4.98 Å². The Labute approximate surface area is 107 Å². The van der Waals surface area contributed by atoms with Gasteiger partial charge in [-0.25, -0.2) is 0 Å². The summed E-state index contributed by atoms with van der Waals surface area (Å²) in [5.74, 6) is 2.37. The Balaban J connectivity index is 2.92. The van der Waals surface area contributed by atoms with E-state index in [1.807, 2.05) is 18.3 Å². The van der Waals surface area contributed by atoms with Crippen molar-refractivity contribution in [2.45, 2.75) is 51.9 Å². The second-order valence-corrected chi connectivity index (χ2v) is 10.0. The van der Waals surface area contributed by atoms with Gasteiger partial charge in [0.1, 0.15) is 0 Å². The summed E-state index contributed by atoms with van der Waals surface area (Å²) in [4.78, 5) is 4.34. The van der Waals surface area contributed by atoms with Crippen LogP contribution < -0.4 is 0 Å². The summed E-state index contributed by atoms with van der Waals surface area (Å²) >= 11 is 0. The summed E-state index contributed by atoms with van der Waals surface area (Å²) in [5, 5.41) is 0.664. The van der Waals surface area contributed by atoms with Crippen LogP contribution in [0.5, 0.6) is 0 Å². The van der Waals surface area contributed by atoms with Crippen molar-refractivity contribution in [3.63, 3.8) is 0 Å². The second-order valence-electron chi connectivity index (χ2n) is 6.28. The molecule has 0 fully saturated rings. The van der Waals surface area contributed by atoms with Crippen LogP contribution in [0, 0.1) is 0 Å². The third kappa shape index (κ3) is 4.60. The minimum Gasteiger partial charge on any atom is -0.257 e. The van der Waals surface area contributed by atoms with Gasteiger partial charge in [-0.05, 0) is 28.5 Å². The third-order valence-corrected chi connectivity index (χ3v) is 5.87. The second kappa shape index (κ2) is 5.31. The maximum atomic E-state index is 4.34. The summed E-state index contributed by atoms with van der Waals surface area (Å²) in [7, 11) is -0.187. The van der Waals surface area contributed by atoms with Gasteiger partial charge in [0.25, 0.3) is 0 Å². The van der Waals surface area contributed by atoms with E-state index in [1.165, 1.54) is 0 Å². The molecule has 1 nitrogen and oxygen atoms in total. The third-order valence-electron chi connectivity index (χ3n) is 2.53. The summed E-state index contributed by atoms with van der Waals surface area (Å²) in [6.45, 7) is 14.0. The fraction of sp³-hybridized carbons (Fsp3) is 0.533. The van der Waals surface area contributed by atoms with Gasteiger partial charge in [0.2, 0.25) is 0 Å². The highest BCUT2D eigenvalue weighted by atomic mass is 31.1. The Kier molecular flexibility index (Phi) is 4.49. The maximum Gasteiger partial charge on any atom is 0.0630 e. The fourth-order valence-corrected chi connectivity index (χ4v) is 5.29. The first kappa shape index (κ1) is 14.4. The first-order valence-corrected chi connectivity index (χ1v) is 7.51. The molecular formula is C15H24NP. The maximum absolute atomic E-state index is 4.34. The molecular weight excluding hydrogens is 225 g/mol. The Bertz CT molecular complexity index is 354. The highest BCUT2D eigenvalue weighted by molar-refractivity contribution is 7.64. The Hall–Kier alpha value is -0.680. The highest BCUT2D eigenvalue weighted by Crippen LogP contribution is 2.60. The molecule has 0 aliphatic carbocycles. The zero-order chi connectivity index (χ0) is 13.1. The van der Waals surface area contributed by atoms with E-state index >= 15 is 0 Å². The Morgan fingerprint density at radius 2 is 1.59 bits per heavy atom. The van der Waals surface area contributed by atoms with Crippen molar-refractivity contribution < 1.29 is 0 Å². The minimum atomic E-state index is -0.187. The molecule has 94 valence electrons. The topological polar surface area (TPSA) is 12.9 Å². The molecule has 0 radical (unpaired) electrons. The molecule has 1 rings (SSSR count). The molecule has 0 saturated heterocycles. The molecule has 0 atom stereocenters. The number of pyridine rings is 1. The molecule has 1 aromatic rings. The number of hydrogen-bond acceptors (Lipinski definition) is 1. The lowest BCUT2D eigenvalue weighted by atomic mass is 10.2. The Morgan fingerprint density at radius 1 is 1.00 bits per heavy atom. The molecule has 0 amide bonds. The lowest BCUT2D eigenvalue weighted by molar-refractivity contribution is 0.714. The van der Waals surface area contributed by atoms with Crippen molar-refractivity contribution >= 4 is 14.0 Å². The number of hydrogen-bond donors (Lipinski definition) is 0. The van der Waals surface area contributed by atoms with Crippen molar-refractivity contribution in [3.05, 3.63) is 35.9 Å². The quantitative estimate of drug-likeness (QED) is 0.662. The van der Waals surface area contributed by atoms with Gasteiger partial charge in [0.05, 0.1) is 5.69 Å². The standard InChI is InChI=1S/C15H24NP/c1-14(2,3)17(15(4,5)6)12-10-13-9-7-8-11-16-13/h7-12H,1-6H3. The predicted molar refractivity (Wildman–Crippen MR) is 79.7 cm³/mol. The molecule has 1 aromatic heterocycles. The monoisotopic (exact) mass is 249 g/mol. The first-order chi connectivity index (χ1) is 7.71. The summed E-state index contributed by atoms with van der Waals surface area (Å²) in [5.41, 5.74) is 1.05. The van der Waals surface area contributed by atoms with Crippen LogP contribution in [0.3, 0.4) is 0 Å². The predicted octanol–water partition coefficient (Wildman–Crippen LogP) is 5.13. The van der Waals surface area contributed by atoms with E-state index in [2.05, 4.69) is 64.5 Å². The largest absolute Gasteiger partial charge is 0.257 e. The van der Waals surface area contributed by atoms with Gasteiger partial charge in [-0.15, -0.1) is 0 Å². The zero-order valence-electron chi connectivity index (χ0n) is 11.9. The average molecular weight is 249 g/mol. The molecule has 17 heavy (non-hydrogen) atoms. The van der Waals surface area contributed by atoms with Gasteiger partial charge < -0.3 is 0 Å². The van der Waals surface area contributed by atoms with Gasteiger partial charge >= 0.3 is 0 Å². The SMILES string of the molecule is CC(C)(C)P(C=Cc1ccccn1)C(C)(C)C. The fourth-order valence-electron chi connectivity index (χ4n) is 2.08. The van der Waals surface area contributed by atoms with Crippen molar-refractivity contribution in [1.82, 2.24) is 4.98 Å². The van der Waals surface area contributed by atoms with E-state index < -0.39 is 0 Å². The molecule has 0 aliphatic rings. The Morgan fingerprint density at radius 3 is 2.00 bits per heavy atom. The molecule has 0 saturated carbocycles. The van der Waals surface area contributed by atoms with Crippen molar-refractivity contribution in [1.29, 1.82) is 0 Å². The van der Waals surface area contributed by atoms with Crippen LogP contribution in [0.15, 0.2) is 30.2 Å². The average Bonchev–Trinajstić information content (AvgIpc) is 2.15. The minimum absolute atomic E-state index is 0.187. The molecule has 0 aliphatic heterocycles. The van der Waals surface area contributed by atoms with Crippen molar-refractivity contribution in [2.75, 3.05) is 0 Å². The summed E-state index contributed by atoms with van der Waals surface area (Å²) in [6, 6.07) is 6.03. The van der Waals surface area contributed by atoms with E-state index in [-0.39, 0.29) is 7.92 Å². The van der Waals surface area contributed by atoms with Gasteiger partial charge in [0, 0.05) is 6.20 Å². The van der Waals surface area contributed by atoms with Crippen LogP contribution in [0.2, 0.25) is 0 Å². The molecule has 2 heteroatoms. The van der Waals surface area contributed by atoms with E-state index in [1.54, 1.807) is 0 Å². The summed E-state index contributed by atoms with van der Waals surface area (Å²) < 4.78 is 0. The summed E-state index contributed by atoms with van der Waals surface area (Å²) in [6.07, 6.45) is 4.01. The number of aromatic nitrogens is 1. The van der Waals surface area contributed by atoms with Gasteiger partial charge in [0.15, 0.2) is 0 Å². The molecule has 0 N–H and O–H groups in total. The van der Waals surface area contributed by atoms with E-state index in [4.69, 9.17) is 0 Å². The van der Waals surface area contributed by atoms with Crippen LogP contribution in [-0.4, -0.2) is 15.3 Å². The normalized spacial score (nSPS) is 13.6. The smallest absolute Gasteiger partial charge is 0.0630 e. The molecule has 0 spiro atoms. The van der Waals surface area contributed by atoms with Crippen LogP contribution in [-0.2, 0) is 0 Å². The molecule has 0 bridgehead atoms. The lowest BCUT2D eigenvalue weighted by Gasteiger charge is -2.39. The lowest BCUT2D eigenvalue weighted by Crippen LogP contribution is -2.23. The van der Waals surface area contributed by atoms with Crippen molar-refractivity contribution in [2.24, 2.45) is 0 Å². The molecule has 1 heterocycles. The van der Waals surface area contributed by atoms with Crippen LogP contribution >= 0.6 is 7.92 Å². The van der Waals surface area contributed by atoms with Crippen LogP contribution in [0.4, 0.5) is 0 Å². The first-order valence-electron chi connectivity index (χ1n) is 6.10. The van der Waals surface area contributed by atoms with E-state index in [0.717, 1.165) is 5.69 Å². The highest BCUT2D eigenvalue weighted by Gasteiger charge is 2.31. The molecule has 0 unspecified atom stereocenters. The number of rotatable bonds is 2. The molecule has 0 aromatic carbocycles. The van der Waals surface area contributed by atoms with Gasteiger partial charge in [-0.1, -0.05) is 61.3 Å². The van der Waals surface area contributed by atoms with Crippen molar-refractivity contribution in [3.8, 4) is 0 Å².